The minimum absolute atomic E-state index is 0. The number of aromatic nitrogens is 2. The van der Waals surface area contributed by atoms with E-state index in [4.69, 9.17) is 10.3 Å². The summed E-state index contributed by atoms with van der Waals surface area (Å²) in [5, 5.41) is 3.99. The normalized spacial score (nSPS) is 21.5. The van der Waals surface area contributed by atoms with E-state index in [2.05, 4.69) is 15.0 Å². The van der Waals surface area contributed by atoms with E-state index in [0.717, 1.165) is 44.2 Å². The Morgan fingerprint density at radius 1 is 1.53 bits per heavy atom. The first-order chi connectivity index (χ1) is 7.65. The topological polar surface area (TPSA) is 68.2 Å². The summed E-state index contributed by atoms with van der Waals surface area (Å²) in [4.78, 5) is 6.66. The lowest BCUT2D eigenvalue weighted by molar-refractivity contribution is 0.195. The van der Waals surface area contributed by atoms with Crippen molar-refractivity contribution in [3.05, 3.63) is 11.7 Å². The molecule has 0 aromatic carbocycles. The molecule has 0 spiro atoms. The van der Waals surface area contributed by atoms with Crippen LogP contribution in [0.4, 0.5) is 0 Å². The van der Waals surface area contributed by atoms with Gasteiger partial charge in [0.15, 0.2) is 5.82 Å². The molecular weight excluding hydrogens is 240 g/mol. The predicted molar refractivity (Wildman–Crippen MR) is 68.1 cm³/mol. The number of hydrogen-bond donors (Lipinski definition) is 1. The molecule has 1 aromatic rings. The number of likely N-dealkylation sites (tertiary alicyclic amines) is 1. The van der Waals surface area contributed by atoms with Crippen molar-refractivity contribution in [2.45, 2.75) is 45.2 Å². The number of piperidine rings is 1. The molecule has 1 aromatic heterocycles. The van der Waals surface area contributed by atoms with E-state index in [1.807, 2.05) is 13.8 Å². The molecule has 1 saturated heterocycles. The summed E-state index contributed by atoms with van der Waals surface area (Å²) in [6, 6.07) is 0.297. The summed E-state index contributed by atoms with van der Waals surface area (Å²) in [5.74, 6) is 1.79. The van der Waals surface area contributed by atoms with Crippen LogP contribution >= 0.6 is 12.4 Å². The van der Waals surface area contributed by atoms with Crippen LogP contribution in [0.15, 0.2) is 4.52 Å². The van der Waals surface area contributed by atoms with E-state index >= 15 is 0 Å². The van der Waals surface area contributed by atoms with Crippen molar-refractivity contribution in [2.75, 3.05) is 13.1 Å². The standard InChI is InChI=1S/C11H20N4O.ClH/c1-8(2)11-13-10(14-16-11)7-15-5-3-4-9(12)6-15;/h8-9H,3-7,12H2,1-2H3;1H/t9-;/m1./s1. The van der Waals surface area contributed by atoms with Gasteiger partial charge >= 0.3 is 0 Å². The summed E-state index contributed by atoms with van der Waals surface area (Å²) >= 11 is 0. The Kier molecular flexibility index (Phi) is 5.36. The fraction of sp³-hybridized carbons (Fsp3) is 0.818. The highest BCUT2D eigenvalue weighted by Gasteiger charge is 2.19. The second-order valence-electron chi connectivity index (χ2n) is 4.84. The van der Waals surface area contributed by atoms with E-state index in [0.29, 0.717) is 12.0 Å². The smallest absolute Gasteiger partial charge is 0.229 e. The molecule has 17 heavy (non-hydrogen) atoms. The Morgan fingerprint density at radius 2 is 2.29 bits per heavy atom. The van der Waals surface area contributed by atoms with Gasteiger partial charge in [0.05, 0.1) is 6.54 Å². The molecule has 6 heteroatoms. The van der Waals surface area contributed by atoms with Crippen molar-refractivity contribution < 1.29 is 4.52 Å². The van der Waals surface area contributed by atoms with E-state index in [1.165, 1.54) is 0 Å². The molecule has 1 aliphatic heterocycles. The van der Waals surface area contributed by atoms with Gasteiger partial charge in [-0.15, -0.1) is 12.4 Å². The van der Waals surface area contributed by atoms with Crippen molar-refractivity contribution in [3.63, 3.8) is 0 Å². The van der Waals surface area contributed by atoms with Crippen LogP contribution in [0.1, 0.15) is 44.3 Å². The molecule has 0 unspecified atom stereocenters. The number of nitrogens with zero attached hydrogens (tertiary/aromatic N) is 3. The van der Waals surface area contributed by atoms with Crippen LogP contribution in [0.5, 0.6) is 0 Å². The van der Waals surface area contributed by atoms with Gasteiger partial charge < -0.3 is 10.3 Å². The molecule has 2 N–H and O–H groups in total. The Hall–Kier alpha value is -0.650. The molecule has 1 fully saturated rings. The Bertz CT molecular complexity index is 342. The van der Waals surface area contributed by atoms with Crippen LogP contribution in [-0.4, -0.2) is 34.2 Å². The molecule has 0 radical (unpaired) electrons. The molecule has 1 aliphatic rings. The SMILES string of the molecule is CC(C)c1nc(CN2CCC[C@@H](N)C2)no1.Cl. The molecule has 2 heterocycles. The quantitative estimate of drug-likeness (QED) is 0.893. The third-order valence-electron chi connectivity index (χ3n) is 2.88. The maximum atomic E-state index is 5.93. The van der Waals surface area contributed by atoms with Crippen LogP contribution < -0.4 is 5.73 Å². The average molecular weight is 261 g/mol. The molecule has 0 saturated carbocycles. The molecule has 0 aliphatic carbocycles. The van der Waals surface area contributed by atoms with Crippen molar-refractivity contribution in [1.82, 2.24) is 15.0 Å². The number of rotatable bonds is 3. The highest BCUT2D eigenvalue weighted by molar-refractivity contribution is 5.85. The summed E-state index contributed by atoms with van der Waals surface area (Å²) in [7, 11) is 0. The van der Waals surface area contributed by atoms with Crippen LogP contribution in [0.25, 0.3) is 0 Å². The number of halogens is 1. The predicted octanol–water partition coefficient (Wildman–Crippen LogP) is 1.54. The number of nitrogens with two attached hydrogens (primary N) is 1. The first-order valence-corrected chi connectivity index (χ1v) is 5.95. The first-order valence-electron chi connectivity index (χ1n) is 5.95. The average Bonchev–Trinajstić information content (AvgIpc) is 2.66. The van der Waals surface area contributed by atoms with Crippen LogP contribution in [0.3, 0.4) is 0 Å². The van der Waals surface area contributed by atoms with Gasteiger partial charge in [-0.05, 0) is 19.4 Å². The van der Waals surface area contributed by atoms with E-state index in [9.17, 15) is 0 Å². The summed E-state index contributed by atoms with van der Waals surface area (Å²) in [5.41, 5.74) is 5.93. The largest absolute Gasteiger partial charge is 0.339 e. The zero-order chi connectivity index (χ0) is 11.5. The summed E-state index contributed by atoms with van der Waals surface area (Å²) < 4.78 is 5.18. The van der Waals surface area contributed by atoms with Gasteiger partial charge in [0.25, 0.3) is 0 Å². The van der Waals surface area contributed by atoms with Gasteiger partial charge in [0, 0.05) is 18.5 Å². The minimum atomic E-state index is 0. The zero-order valence-corrected chi connectivity index (χ0v) is 11.2. The Morgan fingerprint density at radius 3 is 2.88 bits per heavy atom. The maximum Gasteiger partial charge on any atom is 0.229 e. The van der Waals surface area contributed by atoms with E-state index in [-0.39, 0.29) is 12.4 Å². The minimum Gasteiger partial charge on any atom is -0.339 e. The van der Waals surface area contributed by atoms with Crippen molar-refractivity contribution >= 4 is 12.4 Å². The Balaban J connectivity index is 0.00000144. The van der Waals surface area contributed by atoms with Crippen molar-refractivity contribution in [3.8, 4) is 0 Å². The Labute approximate surface area is 108 Å². The molecular formula is C11H21ClN4O. The van der Waals surface area contributed by atoms with Crippen LogP contribution in [-0.2, 0) is 6.54 Å². The van der Waals surface area contributed by atoms with Gasteiger partial charge in [0.1, 0.15) is 0 Å². The lowest BCUT2D eigenvalue weighted by atomic mass is 10.1. The van der Waals surface area contributed by atoms with Gasteiger partial charge in [0.2, 0.25) is 5.89 Å². The molecule has 5 nitrogen and oxygen atoms in total. The fourth-order valence-corrected chi connectivity index (χ4v) is 2.00. The second kappa shape index (κ2) is 6.33. The monoisotopic (exact) mass is 260 g/mol. The van der Waals surface area contributed by atoms with E-state index in [1.54, 1.807) is 0 Å². The van der Waals surface area contributed by atoms with Crippen molar-refractivity contribution in [1.29, 1.82) is 0 Å². The van der Waals surface area contributed by atoms with Gasteiger partial charge in [-0.25, -0.2) is 0 Å². The lowest BCUT2D eigenvalue weighted by Crippen LogP contribution is -2.42. The highest BCUT2D eigenvalue weighted by Crippen LogP contribution is 2.14. The van der Waals surface area contributed by atoms with Crippen LogP contribution in [0.2, 0.25) is 0 Å². The van der Waals surface area contributed by atoms with Gasteiger partial charge in [-0.1, -0.05) is 19.0 Å². The molecule has 2 rings (SSSR count). The molecule has 0 bridgehead atoms. The third-order valence-corrected chi connectivity index (χ3v) is 2.88. The van der Waals surface area contributed by atoms with Gasteiger partial charge in [-0.2, -0.15) is 4.98 Å². The van der Waals surface area contributed by atoms with Crippen LogP contribution in [0, 0.1) is 0 Å². The van der Waals surface area contributed by atoms with Gasteiger partial charge in [-0.3, -0.25) is 4.90 Å². The van der Waals surface area contributed by atoms with E-state index < -0.39 is 0 Å². The number of hydrogen-bond acceptors (Lipinski definition) is 5. The first kappa shape index (κ1) is 14.4. The fourth-order valence-electron chi connectivity index (χ4n) is 2.00. The molecule has 1 atom stereocenters. The lowest BCUT2D eigenvalue weighted by Gasteiger charge is -2.29. The molecule has 98 valence electrons. The summed E-state index contributed by atoms with van der Waals surface area (Å²) in [6.07, 6.45) is 2.29. The second-order valence-corrected chi connectivity index (χ2v) is 4.84. The maximum absolute atomic E-state index is 5.93. The zero-order valence-electron chi connectivity index (χ0n) is 10.4. The molecule has 0 amide bonds. The van der Waals surface area contributed by atoms with Crippen molar-refractivity contribution in [2.24, 2.45) is 5.73 Å². The highest BCUT2D eigenvalue weighted by atomic mass is 35.5. The third kappa shape index (κ3) is 3.94. The summed E-state index contributed by atoms with van der Waals surface area (Å²) in [6.45, 7) is 6.87.